The molecule has 0 bridgehead atoms. The van der Waals surface area contributed by atoms with Crippen LogP contribution in [-0.2, 0) is 19.1 Å². The minimum atomic E-state index is -3.68. The Bertz CT molecular complexity index is 612. The van der Waals surface area contributed by atoms with Crippen LogP contribution in [0.4, 0.5) is 4.79 Å². The lowest BCUT2D eigenvalue weighted by Crippen LogP contribution is -2.56. The van der Waals surface area contributed by atoms with Crippen LogP contribution < -0.4 is 0 Å². The molecule has 2 heterocycles. The number of hydrogen-bond donors (Lipinski definition) is 1. The Morgan fingerprint density at radius 2 is 1.88 bits per heavy atom. The van der Waals surface area contributed by atoms with Crippen LogP contribution in [0.3, 0.4) is 0 Å². The molecule has 0 aliphatic carbocycles. The van der Waals surface area contributed by atoms with Crippen molar-refractivity contribution >= 4 is 22.1 Å². The molecule has 0 aromatic rings. The van der Waals surface area contributed by atoms with Crippen LogP contribution in [0.15, 0.2) is 0 Å². The highest BCUT2D eigenvalue weighted by atomic mass is 32.2. The Morgan fingerprint density at radius 3 is 2.38 bits per heavy atom. The number of nitrogens with zero attached hydrogens (tertiary/aromatic N) is 2. The SMILES string of the molecule is CC(C)(C)C1CC(N2CCC(OS(C)(=O)=O)C2=O)CCN1C(=O)O. The first-order valence-electron chi connectivity index (χ1n) is 8.08. The van der Waals surface area contributed by atoms with Gasteiger partial charge in [0, 0.05) is 31.6 Å². The second kappa shape index (κ2) is 6.51. The van der Waals surface area contributed by atoms with Crippen molar-refractivity contribution in [2.75, 3.05) is 19.3 Å². The van der Waals surface area contributed by atoms with Crippen molar-refractivity contribution in [1.29, 1.82) is 0 Å². The lowest BCUT2D eigenvalue weighted by Gasteiger charge is -2.46. The molecule has 2 amide bonds. The molecule has 0 aromatic carbocycles. The van der Waals surface area contributed by atoms with E-state index in [1.54, 1.807) is 4.90 Å². The standard InChI is InChI=1S/C15H26N2O6S/c1-15(2,3)12-9-10(5-7-17(12)14(19)20)16-8-6-11(13(16)18)23-24(4,21)22/h10-12H,5-9H2,1-4H3,(H,19,20). The van der Waals surface area contributed by atoms with Gasteiger partial charge in [0.1, 0.15) is 0 Å². The van der Waals surface area contributed by atoms with Gasteiger partial charge in [-0.3, -0.25) is 8.98 Å². The normalized spacial score (nSPS) is 29.2. The monoisotopic (exact) mass is 362 g/mol. The Kier molecular flexibility index (Phi) is 5.15. The molecule has 9 heteroatoms. The molecule has 3 unspecified atom stereocenters. The van der Waals surface area contributed by atoms with Gasteiger partial charge in [0.05, 0.1) is 6.26 Å². The van der Waals surface area contributed by atoms with Crippen LogP contribution in [0.2, 0.25) is 0 Å². The van der Waals surface area contributed by atoms with Crippen LogP contribution in [0.1, 0.15) is 40.0 Å². The number of likely N-dealkylation sites (tertiary alicyclic amines) is 2. The topological polar surface area (TPSA) is 104 Å². The smallest absolute Gasteiger partial charge is 0.407 e. The Balaban J connectivity index is 2.11. The zero-order chi connectivity index (χ0) is 18.3. The van der Waals surface area contributed by atoms with Crippen molar-refractivity contribution in [2.45, 2.75) is 58.2 Å². The molecule has 0 saturated carbocycles. The molecule has 1 N–H and O–H groups in total. The van der Waals surface area contributed by atoms with Gasteiger partial charge >= 0.3 is 6.09 Å². The summed E-state index contributed by atoms with van der Waals surface area (Å²) >= 11 is 0. The van der Waals surface area contributed by atoms with Gasteiger partial charge in [-0.1, -0.05) is 20.8 Å². The van der Waals surface area contributed by atoms with Crippen LogP contribution in [0.5, 0.6) is 0 Å². The lowest BCUT2D eigenvalue weighted by atomic mass is 9.79. The lowest BCUT2D eigenvalue weighted by molar-refractivity contribution is -0.136. The van der Waals surface area contributed by atoms with Gasteiger partial charge in [-0.25, -0.2) is 4.79 Å². The number of carbonyl (C=O) groups is 2. The Labute approximate surface area is 142 Å². The molecule has 24 heavy (non-hydrogen) atoms. The van der Waals surface area contributed by atoms with Crippen LogP contribution >= 0.6 is 0 Å². The molecule has 2 rings (SSSR count). The summed E-state index contributed by atoms with van der Waals surface area (Å²) in [6.07, 6.45) is 0.475. The van der Waals surface area contributed by atoms with Gasteiger partial charge < -0.3 is 14.9 Å². The largest absolute Gasteiger partial charge is 0.465 e. The summed E-state index contributed by atoms with van der Waals surface area (Å²) in [6, 6.07) is -0.290. The van der Waals surface area contributed by atoms with E-state index in [9.17, 15) is 23.1 Å². The summed E-state index contributed by atoms with van der Waals surface area (Å²) < 4.78 is 27.4. The third-order valence-corrected chi connectivity index (χ3v) is 5.32. The minimum absolute atomic E-state index is 0.0921. The highest BCUT2D eigenvalue weighted by Gasteiger charge is 2.44. The van der Waals surface area contributed by atoms with Crippen LogP contribution in [-0.4, -0.2) is 72.9 Å². The van der Waals surface area contributed by atoms with E-state index in [1.165, 1.54) is 4.90 Å². The molecule has 138 valence electrons. The maximum absolute atomic E-state index is 12.5. The number of hydrogen-bond acceptors (Lipinski definition) is 5. The molecule has 0 radical (unpaired) electrons. The predicted molar refractivity (Wildman–Crippen MR) is 87.0 cm³/mol. The fraction of sp³-hybridized carbons (Fsp3) is 0.867. The van der Waals surface area contributed by atoms with E-state index in [1.807, 2.05) is 20.8 Å². The molecule has 2 saturated heterocycles. The molecule has 8 nitrogen and oxygen atoms in total. The van der Waals surface area contributed by atoms with Crippen LogP contribution in [0.25, 0.3) is 0 Å². The fourth-order valence-electron chi connectivity index (χ4n) is 3.62. The average molecular weight is 362 g/mol. The van der Waals surface area contributed by atoms with Crippen molar-refractivity contribution in [3.8, 4) is 0 Å². The van der Waals surface area contributed by atoms with Gasteiger partial charge in [0.2, 0.25) is 0 Å². The first kappa shape index (κ1) is 19.0. The zero-order valence-corrected chi connectivity index (χ0v) is 15.4. The van der Waals surface area contributed by atoms with E-state index >= 15 is 0 Å². The van der Waals surface area contributed by atoms with E-state index in [0.717, 1.165) is 6.26 Å². The average Bonchev–Trinajstić information content (AvgIpc) is 2.76. The summed E-state index contributed by atoms with van der Waals surface area (Å²) in [5.41, 5.74) is -0.248. The maximum atomic E-state index is 12.5. The van der Waals surface area contributed by atoms with Crippen molar-refractivity contribution in [2.24, 2.45) is 5.41 Å². The molecule has 2 aliphatic heterocycles. The number of rotatable bonds is 3. The third kappa shape index (κ3) is 4.18. The van der Waals surface area contributed by atoms with E-state index in [2.05, 4.69) is 0 Å². The molecule has 3 atom stereocenters. The predicted octanol–water partition coefficient (Wildman–Crippen LogP) is 1.12. The van der Waals surface area contributed by atoms with E-state index < -0.39 is 22.3 Å². The maximum Gasteiger partial charge on any atom is 0.407 e. The molecule has 2 aliphatic rings. The first-order valence-corrected chi connectivity index (χ1v) is 9.90. The van der Waals surface area contributed by atoms with E-state index in [-0.39, 0.29) is 23.4 Å². The summed E-state index contributed by atoms with van der Waals surface area (Å²) in [6.45, 7) is 6.75. The van der Waals surface area contributed by atoms with Gasteiger partial charge in [-0.15, -0.1) is 0 Å². The van der Waals surface area contributed by atoms with E-state index in [0.29, 0.717) is 32.4 Å². The number of piperidine rings is 1. The molecule has 0 spiro atoms. The molecular formula is C15H26N2O6S. The summed E-state index contributed by atoms with van der Waals surface area (Å²) in [7, 11) is -3.68. The first-order chi connectivity index (χ1) is 10.9. The summed E-state index contributed by atoms with van der Waals surface area (Å²) in [4.78, 5) is 27.0. The van der Waals surface area contributed by atoms with Gasteiger partial charge in [0.25, 0.3) is 16.0 Å². The fourth-order valence-corrected chi connectivity index (χ4v) is 4.22. The van der Waals surface area contributed by atoms with Crippen molar-refractivity contribution in [1.82, 2.24) is 9.80 Å². The molecular weight excluding hydrogens is 336 g/mol. The van der Waals surface area contributed by atoms with Gasteiger partial charge in [-0.2, -0.15) is 8.42 Å². The van der Waals surface area contributed by atoms with E-state index in [4.69, 9.17) is 4.18 Å². The highest BCUT2D eigenvalue weighted by Crippen LogP contribution is 2.35. The Hall–Kier alpha value is -1.35. The van der Waals surface area contributed by atoms with Gasteiger partial charge in [-0.05, 0) is 18.3 Å². The minimum Gasteiger partial charge on any atom is -0.465 e. The number of amides is 2. The summed E-state index contributed by atoms with van der Waals surface area (Å²) in [5.74, 6) is -0.318. The third-order valence-electron chi connectivity index (χ3n) is 4.74. The number of carboxylic acid groups (broad SMARTS) is 1. The van der Waals surface area contributed by atoms with Crippen molar-refractivity contribution in [3.63, 3.8) is 0 Å². The summed E-state index contributed by atoms with van der Waals surface area (Å²) in [5, 5.41) is 9.40. The van der Waals surface area contributed by atoms with Crippen molar-refractivity contribution < 1.29 is 27.3 Å². The van der Waals surface area contributed by atoms with Crippen LogP contribution in [0, 0.1) is 5.41 Å². The second-order valence-corrected chi connectivity index (χ2v) is 9.25. The molecule has 0 aromatic heterocycles. The molecule has 2 fully saturated rings. The van der Waals surface area contributed by atoms with Crippen molar-refractivity contribution in [3.05, 3.63) is 0 Å². The quantitative estimate of drug-likeness (QED) is 0.755. The second-order valence-electron chi connectivity index (χ2n) is 7.65. The zero-order valence-electron chi connectivity index (χ0n) is 14.6. The Morgan fingerprint density at radius 1 is 1.25 bits per heavy atom. The number of carbonyl (C=O) groups excluding carboxylic acids is 1. The highest BCUT2D eigenvalue weighted by molar-refractivity contribution is 7.86. The van der Waals surface area contributed by atoms with Gasteiger partial charge in [0.15, 0.2) is 6.10 Å².